The maximum atomic E-state index is 2.48. The fourth-order valence-corrected chi connectivity index (χ4v) is 9.54. The molecule has 0 fully saturated rings. The summed E-state index contributed by atoms with van der Waals surface area (Å²) in [7, 11) is -1.78. The molecule has 0 bridgehead atoms. The van der Waals surface area contributed by atoms with Crippen LogP contribution in [0.2, 0.25) is 0 Å². The summed E-state index contributed by atoms with van der Waals surface area (Å²) in [5, 5.41) is 4.44. The lowest BCUT2D eigenvalue weighted by Gasteiger charge is -2.33. The number of hydrogen-bond donors (Lipinski definition) is 0. The molecule has 0 spiro atoms. The summed E-state index contributed by atoms with van der Waals surface area (Å²) < 4.78 is 0. The minimum atomic E-state index is -1.78. The smallest absolute Gasteiger partial charge is 0.0856 e. The zero-order valence-corrected chi connectivity index (χ0v) is 21.1. The predicted octanol–water partition coefficient (Wildman–Crippen LogP) is 7.84. The van der Waals surface area contributed by atoms with Crippen LogP contribution < -0.4 is 15.9 Å². The van der Waals surface area contributed by atoms with Crippen molar-refractivity contribution in [3.63, 3.8) is 0 Å². The van der Waals surface area contributed by atoms with Crippen molar-refractivity contribution < 1.29 is 0 Å². The van der Waals surface area contributed by atoms with E-state index in [4.69, 9.17) is 0 Å². The molecule has 1 heteroatoms. The Labute approximate surface area is 196 Å². The van der Waals surface area contributed by atoms with Crippen molar-refractivity contribution in [3.8, 4) is 0 Å². The molecule has 0 heterocycles. The Kier molecular flexibility index (Phi) is 9.07. The van der Waals surface area contributed by atoms with Crippen molar-refractivity contribution >= 4 is 23.2 Å². The van der Waals surface area contributed by atoms with Crippen molar-refractivity contribution in [1.82, 2.24) is 0 Å². The minimum Gasteiger partial charge on any atom is -0.0856 e. The molecule has 166 valence electrons. The average molecular weight is 442 g/mol. The zero-order valence-electron chi connectivity index (χ0n) is 20.2. The second kappa shape index (κ2) is 12.0. The molecule has 0 nitrogen and oxygen atoms in total. The molecule has 0 N–H and O–H groups in total. The Hall–Kier alpha value is -2.43. The molecule has 0 aliphatic carbocycles. The van der Waals surface area contributed by atoms with Crippen molar-refractivity contribution in [3.05, 3.63) is 114 Å². The molecule has 0 aliphatic rings. The van der Waals surface area contributed by atoms with Gasteiger partial charge in [0.05, 0.1) is 5.66 Å². The Morgan fingerprint density at radius 2 is 1.09 bits per heavy atom. The molecule has 1 unspecified atom stereocenters. The summed E-state index contributed by atoms with van der Waals surface area (Å²) in [4.78, 5) is 0. The summed E-state index contributed by atoms with van der Waals surface area (Å²) in [6.07, 6.45) is 9.45. The first-order valence-electron chi connectivity index (χ1n) is 11.9. The number of benzene rings is 3. The van der Waals surface area contributed by atoms with Gasteiger partial charge < -0.3 is 0 Å². The van der Waals surface area contributed by atoms with E-state index in [-0.39, 0.29) is 0 Å². The fraction of sp³-hybridized carbons (Fsp3) is 0.290. The standard InChI is InChI=1S/C31H38P/c1-26(2)16-14-17-27(3)18-15-19-28(4)32(29-20-8-5-9-21-29,30-22-10-6-11-23-30)31-24-12-7-13-25-31/h5-13,16,18,20-25,28H,14-15,17,19H2,1-4H3/q+1/b27-18+. The molecule has 0 aromatic heterocycles. The molecular weight excluding hydrogens is 403 g/mol. The third kappa shape index (κ3) is 5.87. The monoisotopic (exact) mass is 441 g/mol. The minimum absolute atomic E-state index is 0.552. The van der Waals surface area contributed by atoms with Gasteiger partial charge >= 0.3 is 0 Å². The van der Waals surface area contributed by atoms with Crippen LogP contribution in [0.5, 0.6) is 0 Å². The van der Waals surface area contributed by atoms with Crippen LogP contribution in [0, 0.1) is 0 Å². The molecule has 3 aromatic rings. The molecule has 0 saturated heterocycles. The lowest BCUT2D eigenvalue weighted by molar-refractivity contribution is 0.811. The van der Waals surface area contributed by atoms with Gasteiger partial charge in [-0.05, 0) is 89.8 Å². The summed E-state index contributed by atoms with van der Waals surface area (Å²) in [6, 6.07) is 33.7. The second-order valence-corrected chi connectivity index (χ2v) is 12.9. The van der Waals surface area contributed by atoms with Gasteiger partial charge in [0.25, 0.3) is 0 Å². The maximum absolute atomic E-state index is 2.48. The van der Waals surface area contributed by atoms with Crippen LogP contribution >= 0.6 is 7.26 Å². The largest absolute Gasteiger partial charge is 0.114 e. The van der Waals surface area contributed by atoms with E-state index in [0.717, 1.165) is 19.3 Å². The van der Waals surface area contributed by atoms with E-state index >= 15 is 0 Å². The van der Waals surface area contributed by atoms with Crippen LogP contribution in [0.15, 0.2) is 114 Å². The van der Waals surface area contributed by atoms with Gasteiger partial charge in [0, 0.05) is 0 Å². The van der Waals surface area contributed by atoms with Crippen molar-refractivity contribution in [1.29, 1.82) is 0 Å². The molecule has 0 aliphatic heterocycles. The highest BCUT2D eigenvalue weighted by Crippen LogP contribution is 2.60. The molecular formula is C31H38P+. The highest BCUT2D eigenvalue weighted by Gasteiger charge is 2.49. The average Bonchev–Trinajstić information content (AvgIpc) is 2.81. The first kappa shape index (κ1) is 24.2. The fourth-order valence-electron chi connectivity index (χ4n) is 4.66. The van der Waals surface area contributed by atoms with Gasteiger partial charge in [0.2, 0.25) is 0 Å². The molecule has 3 aromatic carbocycles. The summed E-state index contributed by atoms with van der Waals surface area (Å²) in [5.74, 6) is 0. The van der Waals surface area contributed by atoms with Crippen molar-refractivity contribution in [2.24, 2.45) is 0 Å². The summed E-state index contributed by atoms with van der Waals surface area (Å²) in [6.45, 7) is 9.13. The van der Waals surface area contributed by atoms with Crippen LogP contribution in [-0.4, -0.2) is 5.66 Å². The number of rotatable bonds is 10. The van der Waals surface area contributed by atoms with Crippen LogP contribution in [0.1, 0.15) is 53.4 Å². The third-order valence-corrected chi connectivity index (χ3v) is 11.2. The Morgan fingerprint density at radius 3 is 1.50 bits per heavy atom. The van der Waals surface area contributed by atoms with Gasteiger partial charge in [-0.1, -0.05) is 77.9 Å². The SMILES string of the molecule is CC(C)=CCC/C(C)=C/CCC(C)[P+](c1ccccc1)(c1ccccc1)c1ccccc1. The van der Waals surface area contributed by atoms with Crippen LogP contribution in [0.25, 0.3) is 0 Å². The topological polar surface area (TPSA) is 0 Å². The summed E-state index contributed by atoms with van der Waals surface area (Å²) >= 11 is 0. The van der Waals surface area contributed by atoms with E-state index in [1.807, 2.05) is 0 Å². The number of allylic oxidation sites excluding steroid dienone is 4. The van der Waals surface area contributed by atoms with Crippen LogP contribution in [0.4, 0.5) is 0 Å². The van der Waals surface area contributed by atoms with E-state index in [2.05, 4.69) is 131 Å². The Bertz CT molecular complexity index is 899. The van der Waals surface area contributed by atoms with Gasteiger partial charge in [0.1, 0.15) is 23.2 Å². The van der Waals surface area contributed by atoms with Gasteiger partial charge in [0.15, 0.2) is 0 Å². The molecule has 0 saturated carbocycles. The number of hydrogen-bond acceptors (Lipinski definition) is 0. The second-order valence-electron chi connectivity index (χ2n) is 9.03. The van der Waals surface area contributed by atoms with Gasteiger partial charge in [-0.3, -0.25) is 0 Å². The first-order valence-corrected chi connectivity index (χ1v) is 13.8. The van der Waals surface area contributed by atoms with Crippen molar-refractivity contribution in [2.75, 3.05) is 0 Å². The van der Waals surface area contributed by atoms with Crippen LogP contribution in [-0.2, 0) is 0 Å². The molecule has 1 atom stereocenters. The lowest BCUT2D eigenvalue weighted by atomic mass is 10.1. The Morgan fingerprint density at radius 1 is 0.656 bits per heavy atom. The highest BCUT2D eigenvalue weighted by molar-refractivity contribution is 7.96. The first-order chi connectivity index (χ1) is 15.5. The molecule has 0 amide bonds. The third-order valence-electron chi connectivity index (χ3n) is 6.32. The zero-order chi connectivity index (χ0) is 22.8. The van der Waals surface area contributed by atoms with Crippen molar-refractivity contribution in [2.45, 2.75) is 59.0 Å². The molecule has 32 heavy (non-hydrogen) atoms. The quantitative estimate of drug-likeness (QED) is 0.222. The molecule has 3 rings (SSSR count). The highest BCUT2D eigenvalue weighted by atomic mass is 31.2. The van der Waals surface area contributed by atoms with E-state index in [9.17, 15) is 0 Å². The van der Waals surface area contributed by atoms with E-state index in [0.29, 0.717) is 5.66 Å². The lowest BCUT2D eigenvalue weighted by Crippen LogP contribution is -2.37. The summed E-state index contributed by atoms with van der Waals surface area (Å²) in [5.41, 5.74) is 3.48. The Balaban J connectivity index is 1.97. The van der Waals surface area contributed by atoms with E-state index < -0.39 is 7.26 Å². The van der Waals surface area contributed by atoms with Gasteiger partial charge in [-0.2, -0.15) is 0 Å². The predicted molar refractivity (Wildman–Crippen MR) is 146 cm³/mol. The van der Waals surface area contributed by atoms with Crippen LogP contribution in [0.3, 0.4) is 0 Å². The van der Waals surface area contributed by atoms with Gasteiger partial charge in [-0.15, -0.1) is 0 Å². The normalized spacial score (nSPS) is 12.9. The molecule has 0 radical (unpaired) electrons. The van der Waals surface area contributed by atoms with Gasteiger partial charge in [-0.25, -0.2) is 0 Å². The maximum Gasteiger partial charge on any atom is 0.114 e. The van der Waals surface area contributed by atoms with E-state index in [1.165, 1.54) is 33.5 Å². The van der Waals surface area contributed by atoms with E-state index in [1.54, 1.807) is 0 Å².